The van der Waals surface area contributed by atoms with Crippen LogP contribution in [0.3, 0.4) is 0 Å². The molecule has 2 rings (SSSR count). The van der Waals surface area contributed by atoms with Gasteiger partial charge < -0.3 is 15.2 Å². The van der Waals surface area contributed by atoms with Crippen LogP contribution >= 0.6 is 15.9 Å². The molecule has 1 amide bonds. The van der Waals surface area contributed by atoms with E-state index in [2.05, 4.69) is 21.2 Å². The van der Waals surface area contributed by atoms with Crippen LogP contribution in [0.15, 0.2) is 28.2 Å². The van der Waals surface area contributed by atoms with E-state index in [1.165, 1.54) is 13.0 Å². The molecule has 0 saturated heterocycles. The van der Waals surface area contributed by atoms with Crippen molar-refractivity contribution >= 4 is 39.7 Å². The zero-order chi connectivity index (χ0) is 16.5. The van der Waals surface area contributed by atoms with Gasteiger partial charge in [-0.05, 0) is 30.7 Å². The molecule has 1 aliphatic rings. The number of hydrogen-bond acceptors (Lipinski definition) is 5. The lowest BCUT2D eigenvalue weighted by Crippen LogP contribution is -2.42. The molecule has 0 spiro atoms. The Hall–Kier alpha value is -2.46. The molecule has 0 aliphatic heterocycles. The number of aldehydes is 1. The Morgan fingerprint density at radius 3 is 2.82 bits per heavy atom. The lowest BCUT2D eigenvalue weighted by molar-refractivity contribution is -0.125. The van der Waals surface area contributed by atoms with Gasteiger partial charge in [0.25, 0.3) is 5.91 Å². The van der Waals surface area contributed by atoms with Gasteiger partial charge in [0.2, 0.25) is 0 Å². The van der Waals surface area contributed by atoms with E-state index >= 15 is 0 Å². The van der Waals surface area contributed by atoms with Crippen molar-refractivity contribution in [2.75, 3.05) is 6.54 Å². The van der Waals surface area contributed by atoms with Crippen LogP contribution in [-0.4, -0.2) is 29.6 Å². The van der Waals surface area contributed by atoms with Gasteiger partial charge in [0.1, 0.15) is 23.0 Å². The van der Waals surface area contributed by atoms with Gasteiger partial charge in [0.05, 0.1) is 12.6 Å². The number of nitriles is 1. The van der Waals surface area contributed by atoms with Crippen molar-refractivity contribution in [2.45, 2.75) is 12.3 Å². The van der Waals surface area contributed by atoms with Crippen molar-refractivity contribution in [3.63, 3.8) is 0 Å². The van der Waals surface area contributed by atoms with Gasteiger partial charge in [-0.2, -0.15) is 5.26 Å². The molecule has 1 aromatic carbocycles. The molecule has 6 nitrogen and oxygen atoms in total. The van der Waals surface area contributed by atoms with E-state index in [4.69, 9.17) is 0 Å². The first-order chi connectivity index (χ1) is 10.4. The van der Waals surface area contributed by atoms with Crippen molar-refractivity contribution in [2.24, 2.45) is 0 Å². The van der Waals surface area contributed by atoms with Gasteiger partial charge in [-0.15, -0.1) is 0 Å². The summed E-state index contributed by atoms with van der Waals surface area (Å²) in [6.45, 7) is 1.10. The zero-order valence-corrected chi connectivity index (χ0v) is 13.1. The van der Waals surface area contributed by atoms with Crippen molar-refractivity contribution in [1.82, 2.24) is 5.32 Å². The van der Waals surface area contributed by atoms with E-state index in [1.807, 2.05) is 6.07 Å². The van der Waals surface area contributed by atoms with Crippen LogP contribution < -0.4 is 5.32 Å². The smallest absolute Gasteiger partial charge is 0.259 e. The molecular formula is C15H11BrN2O4. The van der Waals surface area contributed by atoms with E-state index in [-0.39, 0.29) is 12.1 Å². The van der Waals surface area contributed by atoms with Crippen LogP contribution in [0.25, 0.3) is 5.76 Å². The summed E-state index contributed by atoms with van der Waals surface area (Å²) in [6.07, 6.45) is 0.456. The average molecular weight is 363 g/mol. The molecule has 0 heterocycles. The van der Waals surface area contributed by atoms with Gasteiger partial charge >= 0.3 is 0 Å². The SMILES string of the molecule is CC1(C#N)C(=O)C(C(=O)NCC=O)=C(O)c2ccc(Br)cc21. The molecule has 0 bridgehead atoms. The number of amides is 1. The molecule has 0 radical (unpaired) electrons. The summed E-state index contributed by atoms with van der Waals surface area (Å²) in [5, 5.41) is 21.9. The first kappa shape index (κ1) is 15.9. The number of rotatable bonds is 3. The molecule has 1 unspecified atom stereocenters. The minimum atomic E-state index is -1.60. The quantitative estimate of drug-likeness (QED) is 0.624. The molecule has 1 atom stereocenters. The minimum absolute atomic E-state index is 0.239. The molecule has 2 N–H and O–H groups in total. The lowest BCUT2D eigenvalue weighted by Gasteiger charge is -2.29. The number of carbonyl (C=O) groups excluding carboxylic acids is 3. The number of Topliss-reactive ketones (excluding diaryl/α,β-unsaturated/α-hetero) is 1. The van der Waals surface area contributed by atoms with Crippen LogP contribution in [-0.2, 0) is 19.8 Å². The fourth-order valence-electron chi connectivity index (χ4n) is 2.30. The van der Waals surface area contributed by atoms with E-state index in [9.17, 15) is 24.8 Å². The van der Waals surface area contributed by atoms with Crippen LogP contribution in [0.1, 0.15) is 18.1 Å². The largest absolute Gasteiger partial charge is 0.506 e. The maximum Gasteiger partial charge on any atom is 0.259 e. The third kappa shape index (κ3) is 2.31. The highest BCUT2D eigenvalue weighted by Gasteiger charge is 2.46. The second-order valence-electron chi connectivity index (χ2n) is 4.86. The van der Waals surface area contributed by atoms with Crippen molar-refractivity contribution < 1.29 is 19.5 Å². The number of nitrogens with one attached hydrogen (secondary N) is 1. The Morgan fingerprint density at radius 1 is 1.55 bits per heavy atom. The van der Waals surface area contributed by atoms with Gasteiger partial charge in [-0.25, -0.2) is 0 Å². The van der Waals surface area contributed by atoms with Crippen LogP contribution in [0.2, 0.25) is 0 Å². The van der Waals surface area contributed by atoms with Crippen molar-refractivity contribution in [1.29, 1.82) is 5.26 Å². The zero-order valence-electron chi connectivity index (χ0n) is 11.5. The minimum Gasteiger partial charge on any atom is -0.506 e. The molecule has 112 valence electrons. The van der Waals surface area contributed by atoms with E-state index in [0.717, 1.165) is 0 Å². The van der Waals surface area contributed by atoms with Crippen LogP contribution in [0, 0.1) is 11.3 Å². The second-order valence-corrected chi connectivity index (χ2v) is 5.77. The summed E-state index contributed by atoms with van der Waals surface area (Å²) in [4.78, 5) is 34.9. The number of nitrogens with zero attached hydrogens (tertiary/aromatic N) is 1. The predicted molar refractivity (Wildman–Crippen MR) is 80.7 cm³/mol. The van der Waals surface area contributed by atoms with Gasteiger partial charge in [0, 0.05) is 10.0 Å². The number of halogens is 1. The van der Waals surface area contributed by atoms with Crippen molar-refractivity contribution in [3.05, 3.63) is 39.4 Å². The monoisotopic (exact) mass is 362 g/mol. The summed E-state index contributed by atoms with van der Waals surface area (Å²) in [5.74, 6) is -2.19. The summed E-state index contributed by atoms with van der Waals surface area (Å²) < 4.78 is 0.641. The second kappa shape index (κ2) is 5.73. The maximum absolute atomic E-state index is 12.6. The molecule has 0 aromatic heterocycles. The van der Waals surface area contributed by atoms with E-state index < -0.39 is 28.4 Å². The third-order valence-corrected chi connectivity index (χ3v) is 3.98. The number of hydrogen-bond donors (Lipinski definition) is 2. The number of aliphatic hydroxyl groups excluding tert-OH is 1. The first-order valence-corrected chi connectivity index (χ1v) is 7.07. The lowest BCUT2D eigenvalue weighted by atomic mass is 9.70. The predicted octanol–water partition coefficient (Wildman–Crippen LogP) is 1.40. The highest BCUT2D eigenvalue weighted by molar-refractivity contribution is 9.10. The summed E-state index contributed by atoms with van der Waals surface area (Å²) in [5.41, 5.74) is -1.55. The van der Waals surface area contributed by atoms with E-state index in [1.54, 1.807) is 12.1 Å². The molecule has 1 aliphatic carbocycles. The standard InChI is InChI=1S/C15H11BrN2O4/c1-15(7-17)10-6-8(16)2-3-9(10)12(20)11(13(15)21)14(22)18-4-5-19/h2-3,5-6,20H,4H2,1H3,(H,18,22). The molecule has 0 saturated carbocycles. The summed E-state index contributed by atoms with van der Waals surface area (Å²) >= 11 is 3.25. The molecule has 1 aromatic rings. The number of fused-ring (bicyclic) bond motifs is 1. The molecule has 0 fully saturated rings. The summed E-state index contributed by atoms with van der Waals surface area (Å²) in [6, 6.07) is 6.62. The van der Waals surface area contributed by atoms with Crippen molar-refractivity contribution in [3.8, 4) is 6.07 Å². The number of benzene rings is 1. The fourth-order valence-corrected chi connectivity index (χ4v) is 2.66. The van der Waals surface area contributed by atoms with Gasteiger partial charge in [-0.1, -0.05) is 15.9 Å². The van der Waals surface area contributed by atoms with E-state index in [0.29, 0.717) is 16.3 Å². The highest BCUT2D eigenvalue weighted by atomic mass is 79.9. The topological polar surface area (TPSA) is 107 Å². The Morgan fingerprint density at radius 2 is 2.23 bits per heavy atom. The van der Waals surface area contributed by atoms with Gasteiger partial charge in [0.15, 0.2) is 5.78 Å². The molecule has 7 heteroatoms. The van der Waals surface area contributed by atoms with Gasteiger partial charge in [-0.3, -0.25) is 9.59 Å². The number of carbonyl (C=O) groups is 3. The third-order valence-electron chi connectivity index (χ3n) is 3.49. The Kier molecular flexibility index (Phi) is 4.15. The first-order valence-electron chi connectivity index (χ1n) is 6.28. The maximum atomic E-state index is 12.6. The average Bonchev–Trinajstić information content (AvgIpc) is 2.50. The molecular weight excluding hydrogens is 352 g/mol. The summed E-state index contributed by atoms with van der Waals surface area (Å²) in [7, 11) is 0. The number of ketones is 1. The Labute approximate surface area is 134 Å². The highest BCUT2D eigenvalue weighted by Crippen LogP contribution is 2.40. The van der Waals surface area contributed by atoms with Crippen LogP contribution in [0.5, 0.6) is 0 Å². The fraction of sp³-hybridized carbons (Fsp3) is 0.200. The molecule has 22 heavy (non-hydrogen) atoms. The van der Waals surface area contributed by atoms with Crippen LogP contribution in [0.4, 0.5) is 0 Å². The normalized spacial score (nSPS) is 20.1. The number of aliphatic hydroxyl groups is 1. The Bertz CT molecular complexity index is 763. The Balaban J connectivity index is 2.70.